The van der Waals surface area contributed by atoms with Crippen LogP contribution in [0.2, 0.25) is 0 Å². The molecule has 2 amide bonds. The van der Waals surface area contributed by atoms with E-state index in [1.54, 1.807) is 6.20 Å². The fourth-order valence-corrected chi connectivity index (χ4v) is 7.62. The van der Waals surface area contributed by atoms with Crippen LogP contribution in [-0.4, -0.2) is 51.5 Å². The largest absolute Gasteiger partial charge is 0.477 e. The highest BCUT2D eigenvalue weighted by Gasteiger charge is 2.38. The lowest BCUT2D eigenvalue weighted by Crippen LogP contribution is -2.47. The van der Waals surface area contributed by atoms with Gasteiger partial charge in [-0.05, 0) is 86.8 Å². The molecule has 3 heterocycles. The number of pyridine rings is 1. The molecule has 8 nitrogen and oxygen atoms in total. The first-order valence-corrected chi connectivity index (χ1v) is 16.4. The Kier molecular flexibility index (Phi) is 9.26. The Balaban J connectivity index is 1.32. The summed E-state index contributed by atoms with van der Waals surface area (Å²) in [6.07, 6.45) is 10.0. The van der Waals surface area contributed by atoms with Crippen molar-refractivity contribution < 1.29 is 24.2 Å². The van der Waals surface area contributed by atoms with Crippen molar-refractivity contribution in [3.8, 4) is 5.88 Å². The molecule has 2 aliphatic carbocycles. The zero-order valence-electron chi connectivity index (χ0n) is 25.4. The molecule has 42 heavy (non-hydrogen) atoms. The van der Waals surface area contributed by atoms with Crippen molar-refractivity contribution in [2.75, 3.05) is 11.4 Å². The van der Waals surface area contributed by atoms with Gasteiger partial charge in [0.15, 0.2) is 0 Å². The van der Waals surface area contributed by atoms with Crippen molar-refractivity contribution in [1.29, 1.82) is 0 Å². The summed E-state index contributed by atoms with van der Waals surface area (Å²) in [5.41, 5.74) is 1.36. The topological polar surface area (TPSA) is 100 Å². The summed E-state index contributed by atoms with van der Waals surface area (Å²) in [5.74, 6) is 0.427. The number of thiophene rings is 1. The van der Waals surface area contributed by atoms with E-state index in [1.807, 2.05) is 28.0 Å². The molecule has 0 atom stereocenters. The molecule has 2 saturated carbocycles. The molecule has 3 aliphatic rings. The summed E-state index contributed by atoms with van der Waals surface area (Å²) in [5, 5.41) is 10.2. The molecule has 9 heteroatoms. The van der Waals surface area contributed by atoms with Crippen molar-refractivity contribution in [2.24, 2.45) is 11.8 Å². The Hall–Kier alpha value is -2.94. The fourth-order valence-electron chi connectivity index (χ4n) is 6.58. The van der Waals surface area contributed by atoms with E-state index < -0.39 is 5.97 Å². The second kappa shape index (κ2) is 12.7. The lowest BCUT2D eigenvalue weighted by molar-refractivity contribution is -0.128. The van der Waals surface area contributed by atoms with Crippen molar-refractivity contribution in [2.45, 2.75) is 116 Å². The van der Waals surface area contributed by atoms with Crippen molar-refractivity contribution in [3.63, 3.8) is 0 Å². The number of carboxylic acid groups (broad SMARTS) is 1. The van der Waals surface area contributed by atoms with Gasteiger partial charge < -0.3 is 19.6 Å². The van der Waals surface area contributed by atoms with Crippen LogP contribution in [0, 0.1) is 11.8 Å². The SMILES string of the molecule is CC1CCC(C(=O)N(c2cc(C(C)(C)C)sc2C(=O)O)[C@H]2CC[C@H](Oc3cc(CN4CCCC4=O)ccn3)CC2)CC1. The maximum Gasteiger partial charge on any atom is 0.348 e. The Bertz CT molecular complexity index is 1280. The maximum atomic E-state index is 14.2. The van der Waals surface area contributed by atoms with Gasteiger partial charge in [-0.3, -0.25) is 9.59 Å². The third-order valence-corrected chi connectivity index (χ3v) is 10.7. The van der Waals surface area contributed by atoms with E-state index in [0.29, 0.717) is 30.5 Å². The fraction of sp³-hybridized carbons (Fsp3) is 0.636. The monoisotopic (exact) mass is 595 g/mol. The molecule has 0 aromatic carbocycles. The number of aromatic carboxylic acids is 1. The van der Waals surface area contributed by atoms with Crippen molar-refractivity contribution >= 4 is 34.8 Å². The molecule has 1 saturated heterocycles. The number of carbonyl (C=O) groups is 3. The Morgan fingerprint density at radius 1 is 1.10 bits per heavy atom. The molecular weight excluding hydrogens is 550 g/mol. The van der Waals surface area contributed by atoms with Gasteiger partial charge >= 0.3 is 5.97 Å². The number of nitrogens with zero attached hydrogens (tertiary/aromatic N) is 3. The summed E-state index contributed by atoms with van der Waals surface area (Å²) in [6, 6.07) is 5.74. The Morgan fingerprint density at radius 2 is 1.81 bits per heavy atom. The Morgan fingerprint density at radius 3 is 2.43 bits per heavy atom. The minimum absolute atomic E-state index is 0.0311. The number of carboxylic acids is 1. The van der Waals surface area contributed by atoms with Crippen LogP contribution in [0.3, 0.4) is 0 Å². The summed E-state index contributed by atoms with van der Waals surface area (Å²) in [4.78, 5) is 48.1. The lowest BCUT2D eigenvalue weighted by Gasteiger charge is -2.39. The van der Waals surface area contributed by atoms with E-state index in [-0.39, 0.29) is 40.2 Å². The van der Waals surface area contributed by atoms with Gasteiger partial charge in [-0.1, -0.05) is 27.7 Å². The number of ether oxygens (including phenoxy) is 1. The number of likely N-dealkylation sites (tertiary alicyclic amines) is 1. The van der Waals surface area contributed by atoms with Crippen LogP contribution in [0.15, 0.2) is 24.4 Å². The highest BCUT2D eigenvalue weighted by atomic mass is 32.1. The van der Waals surface area contributed by atoms with Gasteiger partial charge in [-0.2, -0.15) is 0 Å². The van der Waals surface area contributed by atoms with Crippen molar-refractivity contribution in [1.82, 2.24) is 9.88 Å². The zero-order valence-corrected chi connectivity index (χ0v) is 26.3. The number of anilines is 1. The maximum absolute atomic E-state index is 14.2. The van der Waals surface area contributed by atoms with Gasteiger partial charge in [0.1, 0.15) is 11.0 Å². The van der Waals surface area contributed by atoms with E-state index in [4.69, 9.17) is 4.74 Å². The van der Waals surface area contributed by atoms with Crippen LogP contribution < -0.4 is 9.64 Å². The quantitative estimate of drug-likeness (QED) is 0.360. The summed E-state index contributed by atoms with van der Waals surface area (Å²) >= 11 is 1.30. The van der Waals surface area contributed by atoms with Crippen LogP contribution >= 0.6 is 11.3 Å². The first-order chi connectivity index (χ1) is 20.0. The zero-order chi connectivity index (χ0) is 30.0. The van der Waals surface area contributed by atoms with Crippen LogP contribution in [0.1, 0.15) is 112 Å². The van der Waals surface area contributed by atoms with Crippen molar-refractivity contribution in [3.05, 3.63) is 39.7 Å². The standard InChI is InChI=1S/C33H45N3O5S/c1-21-7-9-23(10-8-21)31(38)36(26-19-27(33(2,3)4)42-30(26)32(39)40)24-11-13-25(14-12-24)41-28-18-22(15-16-34-28)20-35-17-5-6-29(35)37/h15-16,18-19,21,23-25H,5-14,17,20H2,1-4H3,(H,39,40)/t21?,23?,24-,25-. The van der Waals surface area contributed by atoms with Crippen LogP contribution in [0.25, 0.3) is 0 Å². The van der Waals surface area contributed by atoms with Gasteiger partial charge in [-0.25, -0.2) is 9.78 Å². The molecule has 3 fully saturated rings. The number of hydrogen-bond acceptors (Lipinski definition) is 6. The molecule has 0 radical (unpaired) electrons. The summed E-state index contributed by atoms with van der Waals surface area (Å²) in [7, 11) is 0. The van der Waals surface area contributed by atoms with E-state index in [1.165, 1.54) is 11.3 Å². The summed E-state index contributed by atoms with van der Waals surface area (Å²) < 4.78 is 6.31. The molecule has 2 aromatic heterocycles. The molecule has 2 aromatic rings. The van der Waals surface area contributed by atoms with E-state index in [0.717, 1.165) is 74.8 Å². The third-order valence-electron chi connectivity index (χ3n) is 9.15. The molecule has 228 valence electrons. The Labute approximate surface area is 253 Å². The predicted molar refractivity (Wildman–Crippen MR) is 164 cm³/mol. The van der Waals surface area contributed by atoms with E-state index in [2.05, 4.69) is 32.7 Å². The van der Waals surface area contributed by atoms with Gasteiger partial charge in [-0.15, -0.1) is 11.3 Å². The lowest BCUT2D eigenvalue weighted by atomic mass is 9.81. The highest BCUT2D eigenvalue weighted by molar-refractivity contribution is 7.14. The van der Waals surface area contributed by atoms with Crippen LogP contribution in [-0.2, 0) is 21.5 Å². The minimum Gasteiger partial charge on any atom is -0.477 e. The van der Waals surface area contributed by atoms with Crippen LogP contribution in [0.4, 0.5) is 5.69 Å². The average Bonchev–Trinajstić information content (AvgIpc) is 3.57. The normalized spacial score (nSPS) is 25.0. The van der Waals surface area contributed by atoms with Crippen LogP contribution in [0.5, 0.6) is 5.88 Å². The third kappa shape index (κ3) is 6.99. The predicted octanol–water partition coefficient (Wildman–Crippen LogP) is 6.81. The van der Waals surface area contributed by atoms with Gasteiger partial charge in [0, 0.05) is 48.6 Å². The van der Waals surface area contributed by atoms with Gasteiger partial charge in [0.05, 0.1) is 5.69 Å². The first kappa shape index (κ1) is 30.5. The van der Waals surface area contributed by atoms with E-state index in [9.17, 15) is 19.5 Å². The number of carbonyl (C=O) groups excluding carboxylic acids is 2. The molecule has 5 rings (SSSR count). The molecular formula is C33H45N3O5S. The first-order valence-electron chi connectivity index (χ1n) is 15.6. The second-order valence-electron chi connectivity index (χ2n) is 13.5. The molecule has 0 bridgehead atoms. The molecule has 0 spiro atoms. The minimum atomic E-state index is -0.973. The van der Waals surface area contributed by atoms with Gasteiger partial charge in [0.25, 0.3) is 0 Å². The molecule has 1 N–H and O–H groups in total. The molecule has 1 aliphatic heterocycles. The summed E-state index contributed by atoms with van der Waals surface area (Å²) in [6.45, 7) is 9.85. The number of hydrogen-bond donors (Lipinski definition) is 1. The highest BCUT2D eigenvalue weighted by Crippen LogP contribution is 2.42. The van der Waals surface area contributed by atoms with Gasteiger partial charge in [0.2, 0.25) is 17.7 Å². The number of rotatable bonds is 8. The smallest absolute Gasteiger partial charge is 0.348 e. The average molecular weight is 596 g/mol. The molecule has 0 unspecified atom stereocenters. The number of amides is 2. The number of aromatic nitrogens is 1. The van der Waals surface area contributed by atoms with E-state index >= 15 is 0 Å². The second-order valence-corrected chi connectivity index (χ2v) is 14.6.